The number of para-hydroxylation sites is 2. The van der Waals surface area contributed by atoms with Gasteiger partial charge in [-0.15, -0.1) is 0 Å². The molecule has 6 nitrogen and oxygen atoms in total. The number of esters is 2. The highest BCUT2D eigenvalue weighted by atomic mass is 16.5. The highest BCUT2D eigenvalue weighted by Gasteiger charge is 2.22. The van der Waals surface area contributed by atoms with Gasteiger partial charge in [-0.2, -0.15) is 0 Å². The Bertz CT molecular complexity index is 663. The molecule has 22 heavy (non-hydrogen) atoms. The molecule has 2 aromatic rings. The number of ether oxygens (including phenoxy) is 2. The number of H-pyrrole nitrogens is 1. The van der Waals surface area contributed by atoms with Crippen LogP contribution in [0.1, 0.15) is 26.1 Å². The van der Waals surface area contributed by atoms with Gasteiger partial charge in [0.15, 0.2) is 11.0 Å². The van der Waals surface area contributed by atoms with Crippen LogP contribution in [0.2, 0.25) is 0 Å². The van der Waals surface area contributed by atoms with Gasteiger partial charge in [-0.25, -0.2) is 9.55 Å². The SMILES string of the molecule is CCOC(=O)CC[n+]1c(CC(=O)OCC)[nH]c2ccccc21. The maximum absolute atomic E-state index is 11.7. The fourth-order valence-electron chi connectivity index (χ4n) is 2.36. The number of aryl methyl sites for hydroxylation is 1. The van der Waals surface area contributed by atoms with E-state index in [1.165, 1.54) is 0 Å². The zero-order valence-electron chi connectivity index (χ0n) is 12.9. The molecule has 0 bridgehead atoms. The average molecular weight is 305 g/mol. The fourth-order valence-corrected chi connectivity index (χ4v) is 2.36. The summed E-state index contributed by atoms with van der Waals surface area (Å²) < 4.78 is 11.9. The van der Waals surface area contributed by atoms with Gasteiger partial charge in [0.25, 0.3) is 5.82 Å². The van der Waals surface area contributed by atoms with Gasteiger partial charge in [-0.1, -0.05) is 12.1 Å². The van der Waals surface area contributed by atoms with Crippen LogP contribution in [0, 0.1) is 0 Å². The molecule has 2 rings (SSSR count). The van der Waals surface area contributed by atoms with Gasteiger partial charge in [0.2, 0.25) is 0 Å². The first-order valence-electron chi connectivity index (χ1n) is 7.46. The quantitative estimate of drug-likeness (QED) is 0.622. The molecule has 1 N–H and O–H groups in total. The Labute approximate surface area is 129 Å². The molecule has 1 aromatic heterocycles. The van der Waals surface area contributed by atoms with Gasteiger partial charge >= 0.3 is 11.9 Å². The van der Waals surface area contributed by atoms with Crippen LogP contribution in [0.5, 0.6) is 0 Å². The van der Waals surface area contributed by atoms with E-state index in [1.807, 2.05) is 28.8 Å². The van der Waals surface area contributed by atoms with Crippen LogP contribution in [-0.4, -0.2) is 30.1 Å². The maximum atomic E-state index is 11.7. The van der Waals surface area contributed by atoms with Crippen molar-refractivity contribution in [2.75, 3.05) is 13.2 Å². The molecule has 0 saturated carbocycles. The molecular weight excluding hydrogens is 284 g/mol. The number of carbonyl (C=O) groups excluding carboxylic acids is 2. The van der Waals surface area contributed by atoms with Crippen LogP contribution in [-0.2, 0) is 32.0 Å². The van der Waals surface area contributed by atoms with Crippen LogP contribution in [0.15, 0.2) is 24.3 Å². The molecule has 0 atom stereocenters. The molecular formula is C16H21N2O4+. The molecule has 0 unspecified atom stereocenters. The van der Waals surface area contributed by atoms with Crippen molar-refractivity contribution in [3.05, 3.63) is 30.1 Å². The van der Waals surface area contributed by atoms with Gasteiger partial charge in [0, 0.05) is 0 Å². The number of nitrogens with zero attached hydrogens (tertiary/aromatic N) is 1. The first kappa shape index (κ1) is 16.0. The Morgan fingerprint density at radius 2 is 1.77 bits per heavy atom. The Morgan fingerprint density at radius 1 is 1.09 bits per heavy atom. The van der Waals surface area contributed by atoms with Crippen molar-refractivity contribution in [1.29, 1.82) is 0 Å². The van der Waals surface area contributed by atoms with E-state index in [2.05, 4.69) is 4.98 Å². The van der Waals surface area contributed by atoms with Gasteiger partial charge in [0.1, 0.15) is 13.0 Å². The van der Waals surface area contributed by atoms with Gasteiger partial charge in [0.05, 0.1) is 19.6 Å². The molecule has 0 amide bonds. The van der Waals surface area contributed by atoms with E-state index in [1.54, 1.807) is 13.8 Å². The second-order valence-corrected chi connectivity index (χ2v) is 4.78. The number of hydrogen-bond donors (Lipinski definition) is 1. The Kier molecular flexibility index (Phi) is 5.52. The lowest BCUT2D eigenvalue weighted by molar-refractivity contribution is -0.677. The van der Waals surface area contributed by atoms with Crippen LogP contribution >= 0.6 is 0 Å². The van der Waals surface area contributed by atoms with Gasteiger partial charge < -0.3 is 9.47 Å². The number of fused-ring (bicyclic) bond motifs is 1. The molecule has 0 aliphatic rings. The number of aromatic nitrogens is 2. The van der Waals surface area contributed by atoms with Crippen molar-refractivity contribution in [2.45, 2.75) is 33.2 Å². The van der Waals surface area contributed by atoms with Crippen LogP contribution in [0.3, 0.4) is 0 Å². The average Bonchev–Trinajstić information content (AvgIpc) is 2.83. The van der Waals surface area contributed by atoms with Gasteiger partial charge in [-0.3, -0.25) is 9.59 Å². The molecule has 0 radical (unpaired) electrons. The highest BCUT2D eigenvalue weighted by molar-refractivity contribution is 5.75. The number of hydrogen-bond acceptors (Lipinski definition) is 4. The lowest BCUT2D eigenvalue weighted by Crippen LogP contribution is -2.39. The third-order valence-electron chi connectivity index (χ3n) is 3.26. The topological polar surface area (TPSA) is 72.3 Å². The van der Waals surface area contributed by atoms with E-state index < -0.39 is 0 Å². The molecule has 0 saturated heterocycles. The number of carbonyl (C=O) groups is 2. The molecule has 1 heterocycles. The summed E-state index contributed by atoms with van der Waals surface area (Å²) in [5, 5.41) is 0. The van der Waals surface area contributed by atoms with Crippen molar-refractivity contribution < 1.29 is 23.6 Å². The van der Waals surface area contributed by atoms with Crippen molar-refractivity contribution >= 4 is 23.0 Å². The minimum atomic E-state index is -0.293. The summed E-state index contributed by atoms with van der Waals surface area (Å²) in [6, 6.07) is 7.73. The molecule has 0 aliphatic carbocycles. The number of nitrogens with one attached hydrogen (secondary N) is 1. The molecule has 0 spiro atoms. The minimum Gasteiger partial charge on any atom is -0.466 e. The summed E-state index contributed by atoms with van der Waals surface area (Å²) in [4.78, 5) is 26.5. The number of aromatic amines is 1. The monoisotopic (exact) mass is 305 g/mol. The van der Waals surface area contributed by atoms with E-state index >= 15 is 0 Å². The Morgan fingerprint density at radius 3 is 2.50 bits per heavy atom. The number of imidazole rings is 1. The Hall–Kier alpha value is -2.37. The van der Waals surface area contributed by atoms with Crippen molar-refractivity contribution in [2.24, 2.45) is 0 Å². The van der Waals surface area contributed by atoms with E-state index in [-0.39, 0.29) is 24.8 Å². The maximum Gasteiger partial charge on any atom is 0.318 e. The van der Waals surface area contributed by atoms with E-state index in [9.17, 15) is 9.59 Å². The van der Waals surface area contributed by atoms with Crippen LogP contribution in [0.4, 0.5) is 0 Å². The minimum absolute atomic E-state index is 0.144. The second-order valence-electron chi connectivity index (χ2n) is 4.78. The molecule has 118 valence electrons. The van der Waals surface area contributed by atoms with Crippen LogP contribution < -0.4 is 4.57 Å². The first-order valence-corrected chi connectivity index (χ1v) is 7.46. The number of benzene rings is 1. The van der Waals surface area contributed by atoms with E-state index in [4.69, 9.17) is 9.47 Å². The predicted octanol–water partition coefficient (Wildman–Crippen LogP) is 1.51. The first-order chi connectivity index (χ1) is 10.7. The molecule has 6 heteroatoms. The highest BCUT2D eigenvalue weighted by Crippen LogP contribution is 2.10. The normalized spacial score (nSPS) is 10.6. The van der Waals surface area contributed by atoms with E-state index in [0.29, 0.717) is 19.8 Å². The third-order valence-corrected chi connectivity index (χ3v) is 3.26. The Balaban J connectivity index is 2.24. The summed E-state index contributed by atoms with van der Waals surface area (Å²) in [5.41, 5.74) is 1.87. The van der Waals surface area contributed by atoms with E-state index in [0.717, 1.165) is 16.9 Å². The smallest absolute Gasteiger partial charge is 0.318 e. The molecule has 0 fully saturated rings. The molecule has 0 aliphatic heterocycles. The summed E-state index contributed by atoms with van der Waals surface area (Å²) >= 11 is 0. The van der Waals surface area contributed by atoms with Crippen molar-refractivity contribution in [1.82, 2.24) is 4.98 Å². The summed E-state index contributed by atoms with van der Waals surface area (Å²) in [6.07, 6.45) is 0.404. The summed E-state index contributed by atoms with van der Waals surface area (Å²) in [7, 11) is 0. The summed E-state index contributed by atoms with van der Waals surface area (Å²) in [5.74, 6) is 0.185. The number of rotatable bonds is 7. The second kappa shape index (κ2) is 7.59. The third kappa shape index (κ3) is 3.84. The fraction of sp³-hybridized carbons (Fsp3) is 0.438. The summed E-state index contributed by atoms with van der Waals surface area (Å²) in [6.45, 7) is 4.73. The lowest BCUT2D eigenvalue weighted by atomic mass is 10.3. The predicted molar refractivity (Wildman–Crippen MR) is 80.1 cm³/mol. The largest absolute Gasteiger partial charge is 0.466 e. The zero-order valence-corrected chi connectivity index (χ0v) is 12.9. The van der Waals surface area contributed by atoms with Crippen molar-refractivity contribution in [3.8, 4) is 0 Å². The standard InChI is InChI=1S/C16H20N2O4/c1-3-21-15(19)9-10-18-13-8-6-5-7-12(13)17-14(18)11-16(20)22-4-2/h5-8H,3-4,9-11H2,1-2H3/p+1. The zero-order chi connectivity index (χ0) is 15.9. The van der Waals surface area contributed by atoms with Gasteiger partial charge in [-0.05, 0) is 26.0 Å². The molecule has 1 aromatic carbocycles. The van der Waals surface area contributed by atoms with Crippen LogP contribution in [0.25, 0.3) is 11.0 Å². The van der Waals surface area contributed by atoms with Crippen molar-refractivity contribution in [3.63, 3.8) is 0 Å². The lowest BCUT2D eigenvalue weighted by Gasteiger charge is -2.03.